The summed E-state index contributed by atoms with van der Waals surface area (Å²) in [5, 5.41) is 0. The third kappa shape index (κ3) is 2.23. The first kappa shape index (κ1) is 11.5. The minimum atomic E-state index is -0.398. The molecule has 0 N–H and O–H groups in total. The van der Waals surface area contributed by atoms with E-state index in [1.54, 1.807) is 0 Å². The number of nitrogens with zero attached hydrogens (tertiary/aromatic N) is 1. The maximum atomic E-state index is 11.9. The van der Waals surface area contributed by atoms with Gasteiger partial charge in [-0.05, 0) is 45.4 Å². The van der Waals surface area contributed by atoms with Crippen LogP contribution < -0.4 is 0 Å². The third-order valence-corrected chi connectivity index (χ3v) is 3.45. The van der Waals surface area contributed by atoms with Gasteiger partial charge in [0.25, 0.3) is 0 Å². The van der Waals surface area contributed by atoms with Crippen molar-refractivity contribution in [2.75, 3.05) is 13.1 Å². The number of carbonyl (C=O) groups excluding carboxylic acids is 1. The maximum Gasteiger partial charge on any atom is 0.410 e. The molecule has 2 bridgehead atoms. The van der Waals surface area contributed by atoms with Crippen LogP contribution >= 0.6 is 0 Å². The lowest BCUT2D eigenvalue weighted by molar-refractivity contribution is 0.0195. The smallest absolute Gasteiger partial charge is 0.410 e. The molecule has 2 fully saturated rings. The van der Waals surface area contributed by atoms with Crippen LogP contribution in [0.2, 0.25) is 0 Å². The Labute approximate surface area is 97.5 Å². The quantitative estimate of drug-likeness (QED) is 0.591. The van der Waals surface area contributed by atoms with E-state index in [2.05, 4.69) is 6.58 Å². The van der Waals surface area contributed by atoms with Crippen LogP contribution in [0.15, 0.2) is 12.2 Å². The molecule has 3 heteroatoms. The highest BCUT2D eigenvalue weighted by Crippen LogP contribution is 2.40. The zero-order valence-corrected chi connectivity index (χ0v) is 10.5. The summed E-state index contributed by atoms with van der Waals surface area (Å²) >= 11 is 0. The van der Waals surface area contributed by atoms with Crippen LogP contribution in [0.1, 0.15) is 33.6 Å². The predicted molar refractivity (Wildman–Crippen MR) is 63.2 cm³/mol. The summed E-state index contributed by atoms with van der Waals surface area (Å²) in [4.78, 5) is 13.8. The maximum absolute atomic E-state index is 11.9. The highest BCUT2D eigenvalue weighted by molar-refractivity contribution is 5.68. The van der Waals surface area contributed by atoms with Gasteiger partial charge in [-0.15, -0.1) is 0 Å². The van der Waals surface area contributed by atoms with E-state index in [-0.39, 0.29) is 6.09 Å². The van der Waals surface area contributed by atoms with Crippen molar-refractivity contribution in [3.8, 4) is 0 Å². The number of amides is 1. The second kappa shape index (κ2) is 3.79. The van der Waals surface area contributed by atoms with Crippen molar-refractivity contribution in [2.45, 2.75) is 39.2 Å². The molecule has 2 aliphatic rings. The first-order valence-corrected chi connectivity index (χ1v) is 6.03. The molecule has 2 rings (SSSR count). The number of hydrogen-bond acceptors (Lipinski definition) is 2. The number of hydrogen-bond donors (Lipinski definition) is 0. The van der Waals surface area contributed by atoms with Gasteiger partial charge in [-0.2, -0.15) is 0 Å². The Bertz CT molecular complexity index is 300. The molecule has 16 heavy (non-hydrogen) atoms. The van der Waals surface area contributed by atoms with Crippen molar-refractivity contribution in [3.63, 3.8) is 0 Å². The van der Waals surface area contributed by atoms with Gasteiger partial charge in [0, 0.05) is 13.1 Å². The molecular weight excluding hydrogens is 202 g/mol. The lowest BCUT2D eigenvalue weighted by Gasteiger charge is -2.34. The molecule has 1 aliphatic carbocycles. The van der Waals surface area contributed by atoms with E-state index in [0.29, 0.717) is 11.8 Å². The molecule has 0 aromatic rings. The van der Waals surface area contributed by atoms with Crippen LogP contribution in [0, 0.1) is 11.8 Å². The van der Waals surface area contributed by atoms with E-state index >= 15 is 0 Å². The van der Waals surface area contributed by atoms with Crippen molar-refractivity contribution in [2.24, 2.45) is 11.8 Å². The highest BCUT2D eigenvalue weighted by atomic mass is 16.6. The molecule has 1 saturated heterocycles. The fourth-order valence-electron chi connectivity index (χ4n) is 2.61. The second-order valence-corrected chi connectivity index (χ2v) is 5.93. The molecule has 0 spiro atoms. The average molecular weight is 223 g/mol. The Kier molecular flexibility index (Phi) is 2.72. The number of rotatable bonds is 0. The largest absolute Gasteiger partial charge is 0.444 e. The van der Waals surface area contributed by atoms with Gasteiger partial charge in [-0.25, -0.2) is 4.79 Å². The fourth-order valence-corrected chi connectivity index (χ4v) is 2.61. The molecular formula is C13H21NO2. The van der Waals surface area contributed by atoms with Crippen LogP contribution in [-0.2, 0) is 4.74 Å². The Morgan fingerprint density at radius 2 is 1.81 bits per heavy atom. The number of fused-ring (bicyclic) bond motifs is 2. The molecule has 2 atom stereocenters. The molecule has 90 valence electrons. The van der Waals surface area contributed by atoms with E-state index in [1.165, 1.54) is 18.4 Å². The van der Waals surface area contributed by atoms with Gasteiger partial charge >= 0.3 is 6.09 Å². The number of piperidine rings is 1. The summed E-state index contributed by atoms with van der Waals surface area (Å²) in [6, 6.07) is 0. The van der Waals surface area contributed by atoms with E-state index in [9.17, 15) is 4.79 Å². The summed E-state index contributed by atoms with van der Waals surface area (Å²) in [6.07, 6.45) is 2.20. The van der Waals surface area contributed by atoms with Gasteiger partial charge < -0.3 is 9.64 Å². The lowest BCUT2D eigenvalue weighted by atomic mass is 9.93. The van der Waals surface area contributed by atoms with Crippen LogP contribution in [0.3, 0.4) is 0 Å². The summed E-state index contributed by atoms with van der Waals surface area (Å²) in [6.45, 7) is 11.4. The molecule has 0 radical (unpaired) electrons. The Morgan fingerprint density at radius 1 is 1.31 bits per heavy atom. The SMILES string of the molecule is C=C1C2CCC1CN(C(=O)OC(C)(C)C)C2. The number of ether oxygens (including phenoxy) is 1. The minimum Gasteiger partial charge on any atom is -0.444 e. The van der Waals surface area contributed by atoms with Gasteiger partial charge in [0.1, 0.15) is 5.60 Å². The van der Waals surface area contributed by atoms with Gasteiger partial charge in [0.05, 0.1) is 0 Å². The van der Waals surface area contributed by atoms with Crippen molar-refractivity contribution < 1.29 is 9.53 Å². The lowest BCUT2D eigenvalue weighted by Crippen LogP contribution is -2.44. The molecule has 1 aliphatic heterocycles. The molecule has 0 aromatic heterocycles. The van der Waals surface area contributed by atoms with Gasteiger partial charge in [-0.1, -0.05) is 12.2 Å². The fraction of sp³-hybridized carbons (Fsp3) is 0.769. The highest BCUT2D eigenvalue weighted by Gasteiger charge is 2.39. The zero-order valence-electron chi connectivity index (χ0n) is 10.5. The molecule has 3 nitrogen and oxygen atoms in total. The average Bonchev–Trinajstić information content (AvgIpc) is 2.38. The molecule has 1 heterocycles. The summed E-state index contributed by atoms with van der Waals surface area (Å²) in [7, 11) is 0. The monoisotopic (exact) mass is 223 g/mol. The molecule has 0 aromatic carbocycles. The standard InChI is InChI=1S/C13H21NO2/c1-9-10-5-6-11(9)8-14(7-10)12(15)16-13(2,3)4/h10-11H,1,5-8H2,2-4H3. The van der Waals surface area contributed by atoms with E-state index < -0.39 is 5.60 Å². The van der Waals surface area contributed by atoms with Crippen LogP contribution in [-0.4, -0.2) is 29.7 Å². The Hall–Kier alpha value is -0.990. The first-order valence-electron chi connectivity index (χ1n) is 6.03. The number of likely N-dealkylation sites (tertiary alicyclic amines) is 1. The van der Waals surface area contributed by atoms with Crippen LogP contribution in [0.4, 0.5) is 4.79 Å². The van der Waals surface area contributed by atoms with Crippen molar-refractivity contribution in [3.05, 3.63) is 12.2 Å². The van der Waals surface area contributed by atoms with Crippen LogP contribution in [0.5, 0.6) is 0 Å². The minimum absolute atomic E-state index is 0.170. The second-order valence-electron chi connectivity index (χ2n) is 5.93. The summed E-state index contributed by atoms with van der Waals surface area (Å²) < 4.78 is 5.39. The van der Waals surface area contributed by atoms with Gasteiger partial charge in [-0.3, -0.25) is 0 Å². The third-order valence-electron chi connectivity index (χ3n) is 3.45. The first-order chi connectivity index (χ1) is 7.37. The zero-order chi connectivity index (χ0) is 11.9. The topological polar surface area (TPSA) is 29.5 Å². The van der Waals surface area contributed by atoms with Gasteiger partial charge in [0.2, 0.25) is 0 Å². The molecule has 2 unspecified atom stereocenters. The normalized spacial score (nSPS) is 29.4. The van der Waals surface area contributed by atoms with Crippen molar-refractivity contribution >= 4 is 6.09 Å². The van der Waals surface area contributed by atoms with E-state index in [1.807, 2.05) is 25.7 Å². The van der Waals surface area contributed by atoms with E-state index in [4.69, 9.17) is 4.74 Å². The summed E-state index contributed by atoms with van der Waals surface area (Å²) in [5.41, 5.74) is 0.949. The van der Waals surface area contributed by atoms with Crippen molar-refractivity contribution in [1.29, 1.82) is 0 Å². The Morgan fingerprint density at radius 3 is 2.25 bits per heavy atom. The molecule has 1 amide bonds. The number of carbonyl (C=O) groups is 1. The van der Waals surface area contributed by atoms with Crippen molar-refractivity contribution in [1.82, 2.24) is 4.90 Å². The summed E-state index contributed by atoms with van der Waals surface area (Å²) in [5.74, 6) is 1.01. The van der Waals surface area contributed by atoms with Crippen LogP contribution in [0.25, 0.3) is 0 Å². The van der Waals surface area contributed by atoms with E-state index in [0.717, 1.165) is 13.1 Å². The molecule has 1 saturated carbocycles. The Balaban J connectivity index is 1.98. The van der Waals surface area contributed by atoms with Gasteiger partial charge in [0.15, 0.2) is 0 Å². The predicted octanol–water partition coefficient (Wildman–Crippen LogP) is 2.82.